The number of thiazole rings is 1. The SMILES string of the molecule is Cc1nc(C)c(CCNC2CCOC2)s1. The molecule has 1 aliphatic heterocycles. The maximum Gasteiger partial charge on any atom is 0.0900 e. The molecule has 1 atom stereocenters. The predicted molar refractivity (Wildman–Crippen MR) is 62.5 cm³/mol. The van der Waals surface area contributed by atoms with Crippen molar-refractivity contribution in [2.45, 2.75) is 32.7 Å². The minimum Gasteiger partial charge on any atom is -0.380 e. The number of nitrogens with zero attached hydrogens (tertiary/aromatic N) is 1. The van der Waals surface area contributed by atoms with Crippen LogP contribution in [0.2, 0.25) is 0 Å². The molecule has 0 amide bonds. The van der Waals surface area contributed by atoms with E-state index in [1.165, 1.54) is 15.6 Å². The highest BCUT2D eigenvalue weighted by atomic mass is 32.1. The Kier molecular flexibility index (Phi) is 3.72. The fourth-order valence-electron chi connectivity index (χ4n) is 1.89. The van der Waals surface area contributed by atoms with Crippen LogP contribution in [-0.2, 0) is 11.2 Å². The lowest BCUT2D eigenvalue weighted by molar-refractivity contribution is 0.190. The zero-order valence-corrected chi connectivity index (χ0v) is 10.2. The van der Waals surface area contributed by atoms with Crippen molar-refractivity contribution in [2.24, 2.45) is 0 Å². The second-order valence-electron chi connectivity index (χ2n) is 4.01. The first kappa shape index (κ1) is 11.0. The zero-order chi connectivity index (χ0) is 10.7. The number of nitrogens with one attached hydrogen (secondary N) is 1. The van der Waals surface area contributed by atoms with E-state index in [0.717, 1.165) is 32.6 Å². The Balaban J connectivity index is 1.75. The van der Waals surface area contributed by atoms with E-state index in [2.05, 4.69) is 24.1 Å². The Morgan fingerprint density at radius 2 is 2.40 bits per heavy atom. The third kappa shape index (κ3) is 3.00. The van der Waals surface area contributed by atoms with Gasteiger partial charge in [0.1, 0.15) is 0 Å². The molecule has 0 aromatic carbocycles. The molecule has 1 aromatic heterocycles. The van der Waals surface area contributed by atoms with E-state index in [9.17, 15) is 0 Å². The topological polar surface area (TPSA) is 34.2 Å². The van der Waals surface area contributed by atoms with Crippen molar-refractivity contribution in [1.29, 1.82) is 0 Å². The van der Waals surface area contributed by atoms with Gasteiger partial charge in [-0.05, 0) is 26.7 Å². The molecule has 0 bridgehead atoms. The summed E-state index contributed by atoms with van der Waals surface area (Å²) in [5.41, 5.74) is 1.20. The van der Waals surface area contributed by atoms with Gasteiger partial charge in [-0.25, -0.2) is 4.98 Å². The van der Waals surface area contributed by atoms with E-state index in [1.54, 1.807) is 0 Å². The summed E-state index contributed by atoms with van der Waals surface area (Å²) >= 11 is 1.81. The molecule has 15 heavy (non-hydrogen) atoms. The highest BCUT2D eigenvalue weighted by Gasteiger charge is 2.14. The number of hydrogen-bond donors (Lipinski definition) is 1. The van der Waals surface area contributed by atoms with E-state index < -0.39 is 0 Å². The van der Waals surface area contributed by atoms with Gasteiger partial charge >= 0.3 is 0 Å². The van der Waals surface area contributed by atoms with Gasteiger partial charge in [-0.2, -0.15) is 0 Å². The van der Waals surface area contributed by atoms with Crippen LogP contribution in [0.25, 0.3) is 0 Å². The highest BCUT2D eigenvalue weighted by Crippen LogP contribution is 2.17. The van der Waals surface area contributed by atoms with Crippen molar-refractivity contribution in [3.63, 3.8) is 0 Å². The summed E-state index contributed by atoms with van der Waals surface area (Å²) in [6.45, 7) is 6.99. The number of aryl methyl sites for hydroxylation is 2. The monoisotopic (exact) mass is 226 g/mol. The Bertz CT molecular complexity index is 318. The lowest BCUT2D eigenvalue weighted by Gasteiger charge is -2.09. The van der Waals surface area contributed by atoms with Gasteiger partial charge in [-0.3, -0.25) is 0 Å². The van der Waals surface area contributed by atoms with E-state index in [4.69, 9.17) is 4.74 Å². The van der Waals surface area contributed by atoms with Crippen molar-refractivity contribution in [2.75, 3.05) is 19.8 Å². The van der Waals surface area contributed by atoms with Crippen LogP contribution < -0.4 is 5.32 Å². The largest absolute Gasteiger partial charge is 0.380 e. The quantitative estimate of drug-likeness (QED) is 0.848. The van der Waals surface area contributed by atoms with Crippen molar-refractivity contribution >= 4 is 11.3 Å². The minimum absolute atomic E-state index is 0.569. The average molecular weight is 226 g/mol. The standard InChI is InChI=1S/C11H18N2OS/c1-8-11(15-9(2)13-8)3-5-12-10-4-6-14-7-10/h10,12H,3-7H2,1-2H3. The van der Waals surface area contributed by atoms with Crippen LogP contribution >= 0.6 is 11.3 Å². The smallest absolute Gasteiger partial charge is 0.0900 e. The summed E-state index contributed by atoms with van der Waals surface area (Å²) in [5, 5.41) is 4.69. The average Bonchev–Trinajstić information content (AvgIpc) is 2.77. The molecular formula is C11H18N2OS. The van der Waals surface area contributed by atoms with Gasteiger partial charge in [0.25, 0.3) is 0 Å². The van der Waals surface area contributed by atoms with Crippen LogP contribution in [0.1, 0.15) is 22.0 Å². The van der Waals surface area contributed by atoms with Crippen molar-refractivity contribution < 1.29 is 4.74 Å². The minimum atomic E-state index is 0.569. The highest BCUT2D eigenvalue weighted by molar-refractivity contribution is 7.11. The Labute approximate surface area is 94.9 Å². The first-order valence-electron chi connectivity index (χ1n) is 5.50. The molecule has 0 saturated carbocycles. The van der Waals surface area contributed by atoms with Gasteiger partial charge < -0.3 is 10.1 Å². The molecule has 1 unspecified atom stereocenters. The van der Waals surface area contributed by atoms with Gasteiger partial charge in [0.2, 0.25) is 0 Å². The first-order chi connectivity index (χ1) is 7.25. The molecule has 84 valence electrons. The maximum atomic E-state index is 5.32. The summed E-state index contributed by atoms with van der Waals surface area (Å²) in [6.07, 6.45) is 2.24. The fourth-order valence-corrected chi connectivity index (χ4v) is 2.83. The van der Waals surface area contributed by atoms with E-state index >= 15 is 0 Å². The van der Waals surface area contributed by atoms with Crippen molar-refractivity contribution in [1.82, 2.24) is 10.3 Å². The number of ether oxygens (including phenoxy) is 1. The third-order valence-corrected chi connectivity index (χ3v) is 3.85. The van der Waals surface area contributed by atoms with Crippen LogP contribution in [-0.4, -0.2) is 30.8 Å². The Hall–Kier alpha value is -0.450. The van der Waals surface area contributed by atoms with Crippen molar-refractivity contribution in [3.8, 4) is 0 Å². The number of hydrogen-bond acceptors (Lipinski definition) is 4. The number of aromatic nitrogens is 1. The van der Waals surface area contributed by atoms with Crippen LogP contribution in [0, 0.1) is 13.8 Å². The summed E-state index contributed by atoms with van der Waals surface area (Å²) in [5.74, 6) is 0. The molecule has 2 rings (SSSR count). The van der Waals surface area contributed by atoms with Gasteiger partial charge in [0.15, 0.2) is 0 Å². The molecule has 1 saturated heterocycles. The molecular weight excluding hydrogens is 208 g/mol. The van der Waals surface area contributed by atoms with E-state index in [-0.39, 0.29) is 0 Å². The molecule has 0 spiro atoms. The normalized spacial score (nSPS) is 21.1. The number of rotatable bonds is 4. The second kappa shape index (κ2) is 5.05. The summed E-state index contributed by atoms with van der Waals surface area (Å²) < 4.78 is 5.32. The molecule has 2 heterocycles. The molecule has 4 heteroatoms. The van der Waals surface area contributed by atoms with Crippen molar-refractivity contribution in [3.05, 3.63) is 15.6 Å². The molecule has 3 nitrogen and oxygen atoms in total. The van der Waals surface area contributed by atoms with Gasteiger partial charge in [0.05, 0.1) is 17.3 Å². The van der Waals surface area contributed by atoms with Crippen LogP contribution in [0.3, 0.4) is 0 Å². The maximum absolute atomic E-state index is 5.32. The lowest BCUT2D eigenvalue weighted by Crippen LogP contribution is -2.30. The van der Waals surface area contributed by atoms with Crippen LogP contribution in [0.15, 0.2) is 0 Å². The van der Waals surface area contributed by atoms with Gasteiger partial charge in [0, 0.05) is 24.1 Å². The lowest BCUT2D eigenvalue weighted by atomic mass is 10.2. The first-order valence-corrected chi connectivity index (χ1v) is 6.31. The Morgan fingerprint density at radius 3 is 3.00 bits per heavy atom. The molecule has 1 aromatic rings. The molecule has 1 fully saturated rings. The molecule has 0 radical (unpaired) electrons. The third-order valence-electron chi connectivity index (χ3n) is 2.71. The second-order valence-corrected chi connectivity index (χ2v) is 5.29. The molecule has 0 aliphatic carbocycles. The predicted octanol–water partition coefficient (Wildman–Crippen LogP) is 1.68. The summed E-state index contributed by atoms with van der Waals surface area (Å²) in [7, 11) is 0. The van der Waals surface area contributed by atoms with Crippen LogP contribution in [0.5, 0.6) is 0 Å². The fraction of sp³-hybridized carbons (Fsp3) is 0.727. The summed E-state index contributed by atoms with van der Waals surface area (Å²) in [6, 6.07) is 0.569. The molecule has 1 N–H and O–H groups in total. The molecule has 1 aliphatic rings. The van der Waals surface area contributed by atoms with Crippen LogP contribution in [0.4, 0.5) is 0 Å². The Morgan fingerprint density at radius 1 is 1.53 bits per heavy atom. The zero-order valence-electron chi connectivity index (χ0n) is 9.38. The van der Waals surface area contributed by atoms with E-state index in [0.29, 0.717) is 6.04 Å². The van der Waals surface area contributed by atoms with E-state index in [1.807, 2.05) is 11.3 Å². The van der Waals surface area contributed by atoms with Gasteiger partial charge in [-0.1, -0.05) is 0 Å². The van der Waals surface area contributed by atoms with Gasteiger partial charge in [-0.15, -0.1) is 11.3 Å². The summed E-state index contributed by atoms with van der Waals surface area (Å²) in [4.78, 5) is 5.84.